The number of thiocarbonyl (C=S) groups is 1. The number of ether oxygens (including phenoxy) is 2. The Morgan fingerprint density at radius 3 is 2.52 bits per heavy atom. The average Bonchev–Trinajstić information content (AvgIpc) is 2.92. The highest BCUT2D eigenvalue weighted by atomic mass is 79.9. The number of amides is 1. The lowest BCUT2D eigenvalue weighted by Crippen LogP contribution is -2.21. The van der Waals surface area contributed by atoms with E-state index in [1.807, 2.05) is 36.4 Å². The topological polar surface area (TPSA) is 59.6 Å². The van der Waals surface area contributed by atoms with Crippen molar-refractivity contribution in [3.05, 3.63) is 63.8 Å². The smallest absolute Gasteiger partial charge is 0.273 e. The van der Waals surface area contributed by atoms with Crippen LogP contribution in [0, 0.1) is 0 Å². The highest BCUT2D eigenvalue weighted by molar-refractivity contribution is 9.10. The molecule has 1 saturated heterocycles. The van der Waals surface area contributed by atoms with Gasteiger partial charge < -0.3 is 14.8 Å². The molecule has 128 valence electrons. The maximum absolute atomic E-state index is 11.7. The fourth-order valence-electron chi connectivity index (χ4n) is 2.28. The van der Waals surface area contributed by atoms with Crippen LogP contribution in [-0.4, -0.2) is 18.1 Å². The molecule has 0 saturated carbocycles. The number of methoxy groups -OCH3 is 1. The number of benzene rings is 2. The van der Waals surface area contributed by atoms with Crippen LogP contribution in [0.1, 0.15) is 11.1 Å². The van der Waals surface area contributed by atoms with E-state index in [0.29, 0.717) is 28.9 Å². The fourth-order valence-corrected chi connectivity index (χ4v) is 2.75. The average molecular weight is 419 g/mol. The van der Waals surface area contributed by atoms with Gasteiger partial charge in [-0.1, -0.05) is 34.1 Å². The van der Waals surface area contributed by atoms with Gasteiger partial charge in [0.1, 0.15) is 12.3 Å². The Bertz CT molecular complexity index is 850. The summed E-state index contributed by atoms with van der Waals surface area (Å²) in [6, 6.07) is 13.4. The van der Waals surface area contributed by atoms with E-state index in [-0.39, 0.29) is 5.91 Å². The zero-order chi connectivity index (χ0) is 17.8. The standard InChI is InChI=1S/C18H15BrN2O3S/c1-23-16-9-12(8-14-17(22)21-18(25)20-14)4-7-15(16)24-10-11-2-5-13(19)6-3-11/h2-9H,10H2,1H3,(H2,20,21,22,25)/b14-8+. The first-order valence-corrected chi connectivity index (χ1v) is 8.64. The van der Waals surface area contributed by atoms with E-state index in [9.17, 15) is 4.79 Å². The molecule has 0 radical (unpaired) electrons. The molecule has 1 heterocycles. The third-order valence-corrected chi connectivity index (χ3v) is 4.26. The van der Waals surface area contributed by atoms with Gasteiger partial charge in [0.15, 0.2) is 16.6 Å². The highest BCUT2D eigenvalue weighted by Gasteiger charge is 2.20. The molecule has 1 fully saturated rings. The molecular weight excluding hydrogens is 404 g/mol. The van der Waals surface area contributed by atoms with Crippen LogP contribution in [0.15, 0.2) is 52.6 Å². The summed E-state index contributed by atoms with van der Waals surface area (Å²) in [5.41, 5.74) is 2.25. The number of nitrogens with one attached hydrogen (secondary N) is 2. The monoisotopic (exact) mass is 418 g/mol. The van der Waals surface area contributed by atoms with Gasteiger partial charge in [0.25, 0.3) is 5.91 Å². The molecule has 2 aromatic rings. The summed E-state index contributed by atoms with van der Waals surface area (Å²) < 4.78 is 12.3. The maximum Gasteiger partial charge on any atom is 0.273 e. The quantitative estimate of drug-likeness (QED) is 0.575. The van der Waals surface area contributed by atoms with Crippen LogP contribution in [0.25, 0.3) is 6.08 Å². The van der Waals surface area contributed by atoms with Gasteiger partial charge in [-0.05, 0) is 53.7 Å². The molecule has 0 bridgehead atoms. The lowest BCUT2D eigenvalue weighted by atomic mass is 10.1. The summed E-state index contributed by atoms with van der Waals surface area (Å²) in [6.45, 7) is 0.433. The molecule has 0 aliphatic carbocycles. The first-order valence-electron chi connectivity index (χ1n) is 7.44. The van der Waals surface area contributed by atoms with Gasteiger partial charge in [-0.2, -0.15) is 0 Å². The van der Waals surface area contributed by atoms with Crippen molar-refractivity contribution in [1.82, 2.24) is 10.6 Å². The Morgan fingerprint density at radius 1 is 1.12 bits per heavy atom. The van der Waals surface area contributed by atoms with Crippen molar-refractivity contribution < 1.29 is 14.3 Å². The Morgan fingerprint density at radius 2 is 1.88 bits per heavy atom. The zero-order valence-corrected chi connectivity index (χ0v) is 15.7. The third kappa shape index (κ3) is 4.37. The molecule has 0 spiro atoms. The highest BCUT2D eigenvalue weighted by Crippen LogP contribution is 2.29. The van der Waals surface area contributed by atoms with E-state index in [0.717, 1.165) is 15.6 Å². The van der Waals surface area contributed by atoms with Crippen molar-refractivity contribution in [2.24, 2.45) is 0 Å². The van der Waals surface area contributed by atoms with Crippen molar-refractivity contribution >= 4 is 45.2 Å². The molecule has 25 heavy (non-hydrogen) atoms. The van der Waals surface area contributed by atoms with Crippen LogP contribution in [0.4, 0.5) is 0 Å². The van der Waals surface area contributed by atoms with Crippen LogP contribution < -0.4 is 20.1 Å². The number of hydrogen-bond acceptors (Lipinski definition) is 4. The SMILES string of the molecule is COc1cc(/C=C2/NC(=S)NC2=O)ccc1OCc1ccc(Br)cc1. The third-order valence-electron chi connectivity index (χ3n) is 3.53. The first kappa shape index (κ1) is 17.4. The number of carbonyl (C=O) groups is 1. The predicted octanol–water partition coefficient (Wildman–Crippen LogP) is 3.38. The largest absolute Gasteiger partial charge is 0.493 e. The van der Waals surface area contributed by atoms with E-state index in [2.05, 4.69) is 26.6 Å². The fraction of sp³-hybridized carbons (Fsp3) is 0.111. The molecule has 2 N–H and O–H groups in total. The maximum atomic E-state index is 11.7. The van der Waals surface area contributed by atoms with Gasteiger partial charge in [0.2, 0.25) is 0 Å². The molecule has 1 aliphatic rings. The molecule has 3 rings (SSSR count). The molecule has 1 amide bonds. The number of carbonyl (C=O) groups excluding carboxylic acids is 1. The summed E-state index contributed by atoms with van der Waals surface area (Å²) in [5.74, 6) is 0.971. The number of halogens is 1. The second-order valence-corrected chi connectivity index (χ2v) is 6.62. The van der Waals surface area contributed by atoms with Gasteiger partial charge in [-0.15, -0.1) is 0 Å². The van der Waals surface area contributed by atoms with E-state index in [1.54, 1.807) is 19.3 Å². The normalized spacial score (nSPS) is 15.0. The van der Waals surface area contributed by atoms with Gasteiger partial charge in [0.05, 0.1) is 7.11 Å². The van der Waals surface area contributed by atoms with E-state index >= 15 is 0 Å². The zero-order valence-electron chi connectivity index (χ0n) is 13.3. The van der Waals surface area contributed by atoms with Crippen LogP contribution in [0.3, 0.4) is 0 Å². The Kier molecular flexibility index (Phi) is 5.35. The molecule has 7 heteroatoms. The van der Waals surface area contributed by atoms with Crippen molar-refractivity contribution in [2.45, 2.75) is 6.61 Å². The molecule has 1 aliphatic heterocycles. The minimum Gasteiger partial charge on any atom is -0.493 e. The van der Waals surface area contributed by atoms with Gasteiger partial charge >= 0.3 is 0 Å². The van der Waals surface area contributed by atoms with Gasteiger partial charge in [-0.3, -0.25) is 10.1 Å². The van der Waals surface area contributed by atoms with Crippen molar-refractivity contribution in [2.75, 3.05) is 7.11 Å². The molecule has 0 atom stereocenters. The number of rotatable bonds is 5. The summed E-state index contributed by atoms with van der Waals surface area (Å²) >= 11 is 8.32. The second-order valence-electron chi connectivity index (χ2n) is 5.29. The Labute approximate surface area is 159 Å². The molecule has 2 aromatic carbocycles. The predicted molar refractivity (Wildman–Crippen MR) is 103 cm³/mol. The summed E-state index contributed by atoms with van der Waals surface area (Å²) in [6.07, 6.45) is 1.70. The summed E-state index contributed by atoms with van der Waals surface area (Å²) in [4.78, 5) is 11.7. The first-order chi connectivity index (χ1) is 12.0. The number of hydrogen-bond donors (Lipinski definition) is 2. The van der Waals surface area contributed by atoms with E-state index in [1.165, 1.54) is 0 Å². The Hall–Kier alpha value is -2.38. The molecule has 5 nitrogen and oxygen atoms in total. The molecule has 0 aromatic heterocycles. The minimum absolute atomic E-state index is 0.250. The van der Waals surface area contributed by atoms with Crippen molar-refractivity contribution in [3.63, 3.8) is 0 Å². The van der Waals surface area contributed by atoms with Gasteiger partial charge in [-0.25, -0.2) is 0 Å². The van der Waals surface area contributed by atoms with Crippen molar-refractivity contribution in [3.8, 4) is 11.5 Å². The van der Waals surface area contributed by atoms with Crippen LogP contribution >= 0.6 is 28.1 Å². The summed E-state index contributed by atoms with van der Waals surface area (Å²) in [5, 5.41) is 5.64. The molecular formula is C18H15BrN2O3S. The Balaban J connectivity index is 1.75. The lowest BCUT2D eigenvalue weighted by Gasteiger charge is -2.11. The van der Waals surface area contributed by atoms with E-state index < -0.39 is 0 Å². The lowest BCUT2D eigenvalue weighted by molar-refractivity contribution is -0.115. The van der Waals surface area contributed by atoms with Crippen LogP contribution in [0.2, 0.25) is 0 Å². The van der Waals surface area contributed by atoms with Gasteiger partial charge in [0, 0.05) is 4.47 Å². The minimum atomic E-state index is -0.250. The molecule has 0 unspecified atom stereocenters. The van der Waals surface area contributed by atoms with E-state index in [4.69, 9.17) is 21.7 Å². The van der Waals surface area contributed by atoms with Crippen LogP contribution in [0.5, 0.6) is 11.5 Å². The van der Waals surface area contributed by atoms with Crippen molar-refractivity contribution in [1.29, 1.82) is 0 Å². The van der Waals surface area contributed by atoms with Crippen LogP contribution in [-0.2, 0) is 11.4 Å². The second kappa shape index (κ2) is 7.67. The summed E-state index contributed by atoms with van der Waals surface area (Å²) in [7, 11) is 1.58.